The number of hydrogen-bond donors (Lipinski definition) is 0. The zero-order chi connectivity index (χ0) is 11.5. The number of allylic oxidation sites excluding steroid dienone is 2. The summed E-state index contributed by atoms with van der Waals surface area (Å²) in [6, 6.07) is 0. The molecule has 0 amide bonds. The summed E-state index contributed by atoms with van der Waals surface area (Å²) < 4.78 is 42.7. The number of carbonyl (C=O) groups is 1. The number of carbonyl (C=O) groups excluding carboxylic acids is 1. The van der Waals surface area contributed by atoms with Crippen LogP contribution in [0.25, 0.3) is 0 Å². The Labute approximate surface area is 97.6 Å². The highest BCUT2D eigenvalue weighted by molar-refractivity contribution is 5.85. The van der Waals surface area contributed by atoms with Gasteiger partial charge in [0.15, 0.2) is 0 Å². The van der Waals surface area contributed by atoms with Crippen LogP contribution in [-0.2, 0) is 9.53 Å². The molecule has 92 valence electrons. The molecule has 1 aliphatic rings. The van der Waals surface area contributed by atoms with E-state index in [9.17, 15) is 18.0 Å². The summed E-state index contributed by atoms with van der Waals surface area (Å²) in [5.41, 5.74) is -2.48. The first-order valence-electron chi connectivity index (χ1n) is 4.54. The van der Waals surface area contributed by atoms with E-state index < -0.39 is 17.7 Å². The molecule has 0 aromatic carbocycles. The lowest BCUT2D eigenvalue weighted by atomic mass is 9.94. The third-order valence-corrected chi connectivity index (χ3v) is 2.10. The van der Waals surface area contributed by atoms with E-state index in [0.29, 0.717) is 0 Å². The first-order valence-corrected chi connectivity index (χ1v) is 4.54. The Kier molecular flexibility index (Phi) is 5.06. The minimum Gasteiger partial charge on any atom is -0.445 e. The van der Waals surface area contributed by atoms with Gasteiger partial charge in [-0.15, -0.1) is 12.4 Å². The van der Waals surface area contributed by atoms with Gasteiger partial charge in [-0.3, -0.25) is 4.79 Å². The third-order valence-electron chi connectivity index (χ3n) is 2.10. The monoisotopic (exact) mass is 256 g/mol. The molecule has 0 fully saturated rings. The van der Waals surface area contributed by atoms with Gasteiger partial charge in [0.1, 0.15) is 0 Å². The lowest BCUT2D eigenvalue weighted by Gasteiger charge is -2.32. The molecule has 0 radical (unpaired) electrons. The van der Waals surface area contributed by atoms with Crippen LogP contribution < -0.4 is 0 Å². The summed E-state index contributed by atoms with van der Waals surface area (Å²) >= 11 is 0. The van der Waals surface area contributed by atoms with Gasteiger partial charge < -0.3 is 4.74 Å². The Bertz CT molecular complexity index is 310. The van der Waals surface area contributed by atoms with Gasteiger partial charge in [0.05, 0.1) is 0 Å². The third kappa shape index (κ3) is 3.01. The Morgan fingerprint density at radius 3 is 2.44 bits per heavy atom. The number of rotatable bonds is 2. The maximum atomic E-state index is 12.7. The Morgan fingerprint density at radius 1 is 1.44 bits per heavy atom. The topological polar surface area (TPSA) is 26.3 Å². The van der Waals surface area contributed by atoms with Gasteiger partial charge in [-0.1, -0.05) is 25.2 Å². The van der Waals surface area contributed by atoms with E-state index in [0.717, 1.165) is 6.08 Å². The molecule has 0 saturated heterocycles. The van der Waals surface area contributed by atoms with Crippen LogP contribution in [0.4, 0.5) is 13.2 Å². The average molecular weight is 257 g/mol. The van der Waals surface area contributed by atoms with Crippen molar-refractivity contribution in [2.75, 3.05) is 0 Å². The summed E-state index contributed by atoms with van der Waals surface area (Å²) in [6.07, 6.45) is -0.0894. The van der Waals surface area contributed by atoms with Gasteiger partial charge in [-0.25, -0.2) is 0 Å². The molecule has 6 heteroatoms. The summed E-state index contributed by atoms with van der Waals surface area (Å²) in [6.45, 7) is 1.45. The molecule has 1 atom stereocenters. The fourth-order valence-electron chi connectivity index (χ4n) is 1.22. The number of halogens is 4. The van der Waals surface area contributed by atoms with E-state index >= 15 is 0 Å². The second-order valence-corrected chi connectivity index (χ2v) is 3.21. The van der Waals surface area contributed by atoms with Crippen LogP contribution in [0.3, 0.4) is 0 Å². The second-order valence-electron chi connectivity index (χ2n) is 3.21. The summed E-state index contributed by atoms with van der Waals surface area (Å²) in [5.74, 6) is -0.854. The van der Waals surface area contributed by atoms with Gasteiger partial charge in [0.25, 0.3) is 0 Å². The molecule has 0 saturated carbocycles. The molecule has 0 N–H and O–H groups in total. The molecule has 0 heterocycles. The van der Waals surface area contributed by atoms with E-state index in [-0.39, 0.29) is 25.2 Å². The van der Waals surface area contributed by atoms with Crippen molar-refractivity contribution in [2.24, 2.45) is 0 Å². The highest BCUT2D eigenvalue weighted by Crippen LogP contribution is 2.39. The lowest BCUT2D eigenvalue weighted by Crippen LogP contribution is -2.47. The zero-order valence-corrected chi connectivity index (χ0v) is 9.40. The van der Waals surface area contributed by atoms with Crippen molar-refractivity contribution >= 4 is 18.4 Å². The number of hydrogen-bond acceptors (Lipinski definition) is 2. The van der Waals surface area contributed by atoms with Gasteiger partial charge in [-0.2, -0.15) is 13.2 Å². The van der Waals surface area contributed by atoms with Gasteiger partial charge in [-0.05, 0) is 6.08 Å². The van der Waals surface area contributed by atoms with Crippen molar-refractivity contribution in [2.45, 2.75) is 31.5 Å². The van der Waals surface area contributed by atoms with Gasteiger partial charge in [0, 0.05) is 12.8 Å². The minimum absolute atomic E-state index is 0. The van der Waals surface area contributed by atoms with Crippen molar-refractivity contribution < 1.29 is 22.7 Å². The highest BCUT2D eigenvalue weighted by atomic mass is 35.5. The van der Waals surface area contributed by atoms with E-state index in [4.69, 9.17) is 0 Å². The van der Waals surface area contributed by atoms with Crippen LogP contribution in [0.1, 0.15) is 19.8 Å². The first kappa shape index (κ1) is 15.0. The predicted molar refractivity (Wildman–Crippen MR) is 55.3 cm³/mol. The number of alkyl halides is 3. The van der Waals surface area contributed by atoms with Crippen molar-refractivity contribution in [3.8, 4) is 0 Å². The smallest absolute Gasteiger partial charge is 0.432 e. The maximum Gasteiger partial charge on any atom is 0.432 e. The molecule has 0 aromatic rings. The molecule has 16 heavy (non-hydrogen) atoms. The Balaban J connectivity index is 0.00000225. The number of ether oxygens (including phenoxy) is 1. The maximum absolute atomic E-state index is 12.7. The molecule has 1 aliphatic carbocycles. The molecule has 2 nitrogen and oxygen atoms in total. The highest BCUT2D eigenvalue weighted by Gasteiger charge is 2.56. The van der Waals surface area contributed by atoms with E-state index in [1.54, 1.807) is 0 Å². The molecule has 0 aliphatic heterocycles. The van der Waals surface area contributed by atoms with Crippen molar-refractivity contribution in [3.05, 3.63) is 24.3 Å². The standard InChI is InChI=1S/C10H11F3O2.ClH/c1-2-8(14)15-9(10(11,12)13)6-4-3-5-7-9;/h3-6H,2,7H2,1H3;1H. The number of esters is 1. The quantitative estimate of drug-likeness (QED) is 0.710. The largest absolute Gasteiger partial charge is 0.445 e. The fourth-order valence-corrected chi connectivity index (χ4v) is 1.22. The zero-order valence-electron chi connectivity index (χ0n) is 8.58. The van der Waals surface area contributed by atoms with Crippen LogP contribution >= 0.6 is 12.4 Å². The predicted octanol–water partition coefficient (Wildman–Crippen LogP) is 3.18. The SMILES string of the molecule is CCC(=O)OC1(C(F)(F)F)C=CC=CC1.Cl. The van der Waals surface area contributed by atoms with Crippen molar-refractivity contribution in [3.63, 3.8) is 0 Å². The molecule has 0 aromatic heterocycles. The van der Waals surface area contributed by atoms with Crippen molar-refractivity contribution in [1.82, 2.24) is 0 Å². The van der Waals surface area contributed by atoms with E-state index in [1.807, 2.05) is 0 Å². The average Bonchev–Trinajstić information content (AvgIpc) is 2.17. The van der Waals surface area contributed by atoms with E-state index in [2.05, 4.69) is 4.74 Å². The minimum atomic E-state index is -4.58. The van der Waals surface area contributed by atoms with Gasteiger partial charge >= 0.3 is 12.1 Å². The fraction of sp³-hybridized carbons (Fsp3) is 0.500. The van der Waals surface area contributed by atoms with Crippen LogP contribution in [-0.4, -0.2) is 17.7 Å². The van der Waals surface area contributed by atoms with Crippen LogP contribution in [0.15, 0.2) is 24.3 Å². The molecule has 0 bridgehead atoms. The Morgan fingerprint density at radius 2 is 2.06 bits per heavy atom. The normalized spacial score (nSPS) is 23.8. The first-order chi connectivity index (χ1) is 6.91. The molecular formula is C10H12ClF3O2. The van der Waals surface area contributed by atoms with E-state index in [1.165, 1.54) is 25.2 Å². The summed E-state index contributed by atoms with van der Waals surface area (Å²) in [5, 5.41) is 0. The summed E-state index contributed by atoms with van der Waals surface area (Å²) in [7, 11) is 0. The second kappa shape index (κ2) is 5.39. The van der Waals surface area contributed by atoms with Crippen LogP contribution in [0, 0.1) is 0 Å². The van der Waals surface area contributed by atoms with Gasteiger partial charge in [0.2, 0.25) is 5.60 Å². The molecule has 1 unspecified atom stereocenters. The van der Waals surface area contributed by atoms with Crippen LogP contribution in [0.2, 0.25) is 0 Å². The molecule has 1 rings (SSSR count). The lowest BCUT2D eigenvalue weighted by molar-refractivity contribution is -0.251. The summed E-state index contributed by atoms with van der Waals surface area (Å²) in [4.78, 5) is 11.0. The Hall–Kier alpha value is -0.970. The van der Waals surface area contributed by atoms with Crippen molar-refractivity contribution in [1.29, 1.82) is 0 Å². The molecular weight excluding hydrogens is 245 g/mol. The van der Waals surface area contributed by atoms with Crippen LogP contribution in [0.5, 0.6) is 0 Å². The molecule has 0 spiro atoms.